The number of hydrogen-bond acceptors (Lipinski definition) is 6. The van der Waals surface area contributed by atoms with E-state index in [9.17, 15) is 18.0 Å². The van der Waals surface area contributed by atoms with Crippen molar-refractivity contribution in [3.63, 3.8) is 0 Å². The second kappa shape index (κ2) is 9.03. The zero-order valence-electron chi connectivity index (χ0n) is 17.5. The molecule has 0 saturated carbocycles. The average molecular weight is 454 g/mol. The molecule has 1 aromatic heterocycles. The molecule has 4 rings (SSSR count). The molecule has 166 valence electrons. The molecule has 1 fully saturated rings. The highest BCUT2D eigenvalue weighted by atomic mass is 32.2. The maximum absolute atomic E-state index is 12.8. The fourth-order valence-electron chi connectivity index (χ4n) is 3.37. The lowest BCUT2D eigenvalue weighted by Crippen LogP contribution is -2.46. The van der Waals surface area contributed by atoms with Crippen LogP contribution in [0.2, 0.25) is 0 Å². The maximum atomic E-state index is 12.8. The molecule has 0 unspecified atom stereocenters. The molecule has 0 atom stereocenters. The number of rotatable bonds is 5. The number of piperazine rings is 1. The van der Waals surface area contributed by atoms with Gasteiger partial charge in [-0.3, -0.25) is 9.59 Å². The zero-order valence-corrected chi connectivity index (χ0v) is 18.3. The number of aromatic nitrogens is 2. The third kappa shape index (κ3) is 4.62. The first-order valence-electron chi connectivity index (χ1n) is 10.1. The summed E-state index contributed by atoms with van der Waals surface area (Å²) in [7, 11) is -1.62. The van der Waals surface area contributed by atoms with Gasteiger partial charge in [0.15, 0.2) is 0 Å². The number of nitrogens with one attached hydrogen (secondary N) is 1. The van der Waals surface area contributed by atoms with Gasteiger partial charge in [0.25, 0.3) is 11.5 Å². The van der Waals surface area contributed by atoms with Crippen molar-refractivity contribution in [2.45, 2.75) is 4.90 Å². The van der Waals surface area contributed by atoms with Gasteiger partial charge in [0.1, 0.15) is 5.69 Å². The van der Waals surface area contributed by atoms with E-state index in [4.69, 9.17) is 0 Å². The van der Waals surface area contributed by atoms with Crippen LogP contribution in [0.25, 0.3) is 5.69 Å². The largest absolute Gasteiger partial charge is 0.321 e. The number of likely N-dealkylation sites (N-methyl/N-ethyl adjacent to an activating group) is 1. The molecule has 1 aliphatic heterocycles. The van der Waals surface area contributed by atoms with Gasteiger partial charge in [-0.25, -0.2) is 8.42 Å². The van der Waals surface area contributed by atoms with Crippen LogP contribution in [0.5, 0.6) is 0 Å². The fourth-order valence-corrected chi connectivity index (χ4v) is 4.79. The predicted octanol–water partition coefficient (Wildman–Crippen LogP) is 1.42. The molecule has 1 N–H and O–H groups in total. The van der Waals surface area contributed by atoms with E-state index in [2.05, 4.69) is 15.3 Å². The molecule has 0 bridgehead atoms. The highest BCUT2D eigenvalue weighted by molar-refractivity contribution is 7.89. The van der Waals surface area contributed by atoms with Crippen molar-refractivity contribution in [1.82, 2.24) is 19.0 Å². The first-order chi connectivity index (χ1) is 15.3. The summed E-state index contributed by atoms with van der Waals surface area (Å²) >= 11 is 0. The molecule has 1 aliphatic rings. The molecule has 2 heterocycles. The summed E-state index contributed by atoms with van der Waals surface area (Å²) < 4.78 is 28.3. The summed E-state index contributed by atoms with van der Waals surface area (Å²) in [6.07, 6.45) is 0. The minimum absolute atomic E-state index is 0.0580. The van der Waals surface area contributed by atoms with Gasteiger partial charge in [-0.2, -0.15) is 14.1 Å². The van der Waals surface area contributed by atoms with Gasteiger partial charge in [0, 0.05) is 37.9 Å². The first kappa shape index (κ1) is 21.9. The number of carbonyl (C=O) groups is 1. The summed E-state index contributed by atoms with van der Waals surface area (Å²) in [4.78, 5) is 27.0. The van der Waals surface area contributed by atoms with Crippen LogP contribution in [0, 0.1) is 0 Å². The third-order valence-electron chi connectivity index (χ3n) is 5.25. The van der Waals surface area contributed by atoms with Crippen LogP contribution >= 0.6 is 0 Å². The minimum Gasteiger partial charge on any atom is -0.321 e. The topological polar surface area (TPSA) is 105 Å². The van der Waals surface area contributed by atoms with E-state index in [0.717, 1.165) is 4.68 Å². The average Bonchev–Trinajstić information content (AvgIpc) is 2.80. The summed E-state index contributed by atoms with van der Waals surface area (Å²) in [6, 6.07) is 17.4. The number of hydrogen-bond donors (Lipinski definition) is 1. The molecule has 0 spiro atoms. The lowest BCUT2D eigenvalue weighted by atomic mass is 10.3. The van der Waals surface area contributed by atoms with Gasteiger partial charge >= 0.3 is 0 Å². The molecule has 2 aromatic carbocycles. The molecule has 9 nitrogen and oxygen atoms in total. The minimum atomic E-state index is -3.58. The van der Waals surface area contributed by atoms with Crippen LogP contribution in [0.4, 0.5) is 5.69 Å². The van der Waals surface area contributed by atoms with Crippen molar-refractivity contribution in [3.8, 4) is 5.69 Å². The number of benzene rings is 2. The summed E-state index contributed by atoms with van der Waals surface area (Å²) in [6.45, 7) is 2.26. The lowest BCUT2D eigenvalue weighted by molar-refractivity contribution is 0.102. The van der Waals surface area contributed by atoms with Crippen molar-refractivity contribution >= 4 is 21.6 Å². The second-order valence-electron chi connectivity index (χ2n) is 7.49. The highest BCUT2D eigenvalue weighted by Gasteiger charge is 2.27. The van der Waals surface area contributed by atoms with E-state index in [1.54, 1.807) is 24.3 Å². The lowest BCUT2D eigenvalue weighted by Gasteiger charge is -2.31. The van der Waals surface area contributed by atoms with E-state index in [1.165, 1.54) is 40.7 Å². The molecule has 1 saturated heterocycles. The summed E-state index contributed by atoms with van der Waals surface area (Å²) in [5, 5.41) is 6.84. The SMILES string of the molecule is CN1CCN(S(=O)(=O)c2ccc(NC(=O)c3ccc(=O)n(-c4ccccc4)n3)cc2)CC1. The van der Waals surface area contributed by atoms with Crippen molar-refractivity contribution in [1.29, 1.82) is 0 Å². The van der Waals surface area contributed by atoms with Gasteiger partial charge in [-0.05, 0) is 49.5 Å². The van der Waals surface area contributed by atoms with Crippen LogP contribution in [0.3, 0.4) is 0 Å². The Morgan fingerprint density at radius 1 is 0.906 bits per heavy atom. The first-order valence-corrected chi connectivity index (χ1v) is 11.5. The Labute approximate surface area is 186 Å². The van der Waals surface area contributed by atoms with Crippen LogP contribution < -0.4 is 10.9 Å². The quantitative estimate of drug-likeness (QED) is 0.627. The molecule has 1 amide bonds. The molecule has 3 aromatic rings. The molecule has 10 heteroatoms. The smallest absolute Gasteiger partial charge is 0.276 e. The van der Waals surface area contributed by atoms with E-state index >= 15 is 0 Å². The van der Waals surface area contributed by atoms with Gasteiger partial charge in [0.2, 0.25) is 10.0 Å². The molecular weight excluding hydrogens is 430 g/mol. The number of amides is 1. The van der Waals surface area contributed by atoms with Crippen LogP contribution in [-0.2, 0) is 10.0 Å². The van der Waals surface area contributed by atoms with Crippen LogP contribution in [-0.4, -0.2) is 66.5 Å². The van der Waals surface area contributed by atoms with E-state index in [0.29, 0.717) is 37.6 Å². The Morgan fingerprint density at radius 3 is 2.22 bits per heavy atom. The molecule has 0 radical (unpaired) electrons. The van der Waals surface area contributed by atoms with Crippen LogP contribution in [0.15, 0.2) is 76.4 Å². The fraction of sp³-hybridized carbons (Fsp3) is 0.227. The van der Waals surface area contributed by atoms with Crippen molar-refractivity contribution in [3.05, 3.63) is 82.8 Å². The molecule has 32 heavy (non-hydrogen) atoms. The Morgan fingerprint density at radius 2 is 1.56 bits per heavy atom. The summed E-state index contributed by atoms with van der Waals surface area (Å²) in [5.74, 6) is -0.510. The Balaban J connectivity index is 1.49. The van der Waals surface area contributed by atoms with E-state index in [-0.39, 0.29) is 16.1 Å². The Bertz CT molecular complexity index is 1270. The summed E-state index contributed by atoms with van der Waals surface area (Å²) in [5.41, 5.74) is 0.672. The number of anilines is 1. The monoisotopic (exact) mass is 453 g/mol. The normalized spacial score (nSPS) is 15.4. The predicted molar refractivity (Wildman–Crippen MR) is 120 cm³/mol. The number of nitrogens with zero attached hydrogens (tertiary/aromatic N) is 4. The number of carbonyl (C=O) groups excluding carboxylic acids is 1. The van der Waals surface area contributed by atoms with E-state index in [1.807, 2.05) is 13.1 Å². The number of para-hydroxylation sites is 1. The van der Waals surface area contributed by atoms with Crippen molar-refractivity contribution < 1.29 is 13.2 Å². The molecular formula is C22H23N5O4S. The van der Waals surface area contributed by atoms with Gasteiger partial charge in [-0.15, -0.1) is 0 Å². The van der Waals surface area contributed by atoms with Gasteiger partial charge < -0.3 is 10.2 Å². The van der Waals surface area contributed by atoms with Crippen molar-refractivity contribution in [2.75, 3.05) is 38.5 Å². The highest BCUT2D eigenvalue weighted by Crippen LogP contribution is 2.20. The third-order valence-corrected chi connectivity index (χ3v) is 7.16. The Kier molecular flexibility index (Phi) is 6.17. The van der Waals surface area contributed by atoms with E-state index < -0.39 is 15.9 Å². The standard InChI is InChI=1S/C22H23N5O4S/c1-25-13-15-26(16-14-25)32(30,31)19-9-7-17(8-10-19)23-22(29)20-11-12-21(28)27(24-20)18-5-3-2-4-6-18/h2-12H,13-16H2,1H3,(H,23,29). The Hall–Kier alpha value is -3.34. The zero-order chi connectivity index (χ0) is 22.7. The van der Waals surface area contributed by atoms with Crippen molar-refractivity contribution in [2.24, 2.45) is 0 Å². The maximum Gasteiger partial charge on any atom is 0.276 e. The molecule has 0 aliphatic carbocycles. The number of sulfonamides is 1. The van der Waals surface area contributed by atoms with Gasteiger partial charge in [-0.1, -0.05) is 18.2 Å². The second-order valence-corrected chi connectivity index (χ2v) is 9.43. The van der Waals surface area contributed by atoms with Gasteiger partial charge in [0.05, 0.1) is 10.6 Å². The van der Waals surface area contributed by atoms with Crippen LogP contribution in [0.1, 0.15) is 10.5 Å².